The minimum Gasteiger partial charge on any atom is -0.324 e. The predicted molar refractivity (Wildman–Crippen MR) is 83.1 cm³/mol. The van der Waals surface area contributed by atoms with Crippen LogP contribution in [0.3, 0.4) is 0 Å². The number of benzene rings is 1. The minimum absolute atomic E-state index is 0.398. The summed E-state index contributed by atoms with van der Waals surface area (Å²) in [6.45, 7) is 8.57. The number of rotatable bonds is 7. The molecule has 1 aromatic rings. The summed E-state index contributed by atoms with van der Waals surface area (Å²) in [5, 5.41) is 0. The third kappa shape index (κ3) is 3.50. The molecule has 0 amide bonds. The number of hydrogen-bond donors (Lipinski definition) is 2. The van der Waals surface area contributed by atoms with Crippen molar-refractivity contribution in [3.63, 3.8) is 0 Å². The summed E-state index contributed by atoms with van der Waals surface area (Å²) in [7, 11) is -3.44. The van der Waals surface area contributed by atoms with E-state index in [1.807, 2.05) is 6.92 Å². The average molecular weight is 299 g/mol. The molecule has 0 atom stereocenters. The molecule has 6 heteroatoms. The Kier molecular flexibility index (Phi) is 5.98. The fourth-order valence-electron chi connectivity index (χ4n) is 2.35. The van der Waals surface area contributed by atoms with Gasteiger partial charge in [0.1, 0.15) is 0 Å². The highest BCUT2D eigenvalue weighted by atomic mass is 32.2. The molecule has 5 nitrogen and oxygen atoms in total. The van der Waals surface area contributed by atoms with Gasteiger partial charge in [0.2, 0.25) is 10.0 Å². The maximum atomic E-state index is 12.8. The second kappa shape index (κ2) is 7.06. The molecule has 0 aliphatic rings. The number of aryl methyl sites for hydroxylation is 2. The Morgan fingerprint density at radius 3 is 2.15 bits per heavy atom. The lowest BCUT2D eigenvalue weighted by Crippen LogP contribution is -2.32. The summed E-state index contributed by atoms with van der Waals surface area (Å²) < 4.78 is 27.1. The Balaban J connectivity index is 3.27. The van der Waals surface area contributed by atoms with Crippen molar-refractivity contribution in [3.05, 3.63) is 23.3 Å². The van der Waals surface area contributed by atoms with Crippen LogP contribution in [0.1, 0.15) is 37.8 Å². The van der Waals surface area contributed by atoms with Crippen LogP contribution in [0.25, 0.3) is 0 Å². The fraction of sp³-hybridized carbons (Fsp3) is 0.571. The molecule has 0 saturated heterocycles. The molecule has 114 valence electrons. The molecule has 0 aliphatic heterocycles. The number of anilines is 1. The van der Waals surface area contributed by atoms with E-state index in [1.54, 1.807) is 30.3 Å². The first-order chi connectivity index (χ1) is 9.38. The van der Waals surface area contributed by atoms with Gasteiger partial charge in [-0.15, -0.1) is 0 Å². The average Bonchev–Trinajstić information content (AvgIpc) is 2.37. The van der Waals surface area contributed by atoms with Crippen LogP contribution >= 0.6 is 0 Å². The van der Waals surface area contributed by atoms with E-state index in [0.29, 0.717) is 29.1 Å². The molecular formula is C14H25N3O2S. The van der Waals surface area contributed by atoms with Gasteiger partial charge in [0.25, 0.3) is 0 Å². The normalized spacial score (nSPS) is 11.9. The van der Waals surface area contributed by atoms with Crippen LogP contribution in [0.2, 0.25) is 0 Å². The van der Waals surface area contributed by atoms with Gasteiger partial charge in [0.05, 0.1) is 4.90 Å². The Hall–Kier alpha value is -1.11. The maximum absolute atomic E-state index is 12.8. The molecule has 0 spiro atoms. The predicted octanol–water partition coefficient (Wildman–Crippen LogP) is 2.40. The van der Waals surface area contributed by atoms with Crippen molar-refractivity contribution in [1.82, 2.24) is 4.31 Å². The van der Waals surface area contributed by atoms with E-state index in [0.717, 1.165) is 18.5 Å². The number of sulfonamides is 1. The molecule has 3 N–H and O–H groups in total. The molecule has 0 unspecified atom stereocenters. The van der Waals surface area contributed by atoms with E-state index < -0.39 is 10.0 Å². The maximum Gasteiger partial charge on any atom is 0.243 e. The van der Waals surface area contributed by atoms with E-state index in [9.17, 15) is 8.42 Å². The number of hydrogen-bond acceptors (Lipinski definition) is 4. The van der Waals surface area contributed by atoms with Gasteiger partial charge in [0, 0.05) is 18.8 Å². The van der Waals surface area contributed by atoms with E-state index in [-0.39, 0.29) is 0 Å². The molecule has 1 aromatic carbocycles. The molecule has 0 aromatic heterocycles. The highest BCUT2D eigenvalue weighted by Gasteiger charge is 2.26. The van der Waals surface area contributed by atoms with Gasteiger partial charge >= 0.3 is 0 Å². The van der Waals surface area contributed by atoms with Crippen LogP contribution in [-0.2, 0) is 10.0 Å². The first kappa shape index (κ1) is 16.9. The molecule has 1 rings (SSSR count). The fourth-order valence-corrected chi connectivity index (χ4v) is 4.25. The van der Waals surface area contributed by atoms with Crippen molar-refractivity contribution in [2.45, 2.75) is 45.4 Å². The van der Waals surface area contributed by atoms with E-state index in [4.69, 9.17) is 5.84 Å². The minimum atomic E-state index is -3.44. The molecule has 0 saturated carbocycles. The Bertz CT molecular complexity index is 533. The van der Waals surface area contributed by atoms with Crippen molar-refractivity contribution >= 4 is 15.7 Å². The van der Waals surface area contributed by atoms with Gasteiger partial charge < -0.3 is 5.43 Å². The molecular weight excluding hydrogens is 274 g/mol. The van der Waals surface area contributed by atoms with E-state index in [1.165, 1.54) is 0 Å². The summed E-state index contributed by atoms with van der Waals surface area (Å²) in [5.74, 6) is 5.39. The lowest BCUT2D eigenvalue weighted by molar-refractivity contribution is 0.418. The van der Waals surface area contributed by atoms with Crippen molar-refractivity contribution in [3.8, 4) is 0 Å². The molecule has 20 heavy (non-hydrogen) atoms. The van der Waals surface area contributed by atoms with Gasteiger partial charge in [0.15, 0.2) is 0 Å². The summed E-state index contributed by atoms with van der Waals surface area (Å²) >= 11 is 0. The number of nitrogens with one attached hydrogen (secondary N) is 1. The van der Waals surface area contributed by atoms with Gasteiger partial charge in [-0.3, -0.25) is 5.84 Å². The molecule has 0 heterocycles. The summed E-state index contributed by atoms with van der Waals surface area (Å²) in [5.41, 5.74) is 4.71. The topological polar surface area (TPSA) is 75.4 Å². The van der Waals surface area contributed by atoms with Crippen LogP contribution in [0.5, 0.6) is 0 Å². The largest absolute Gasteiger partial charge is 0.324 e. The third-order valence-electron chi connectivity index (χ3n) is 3.34. The van der Waals surface area contributed by atoms with Gasteiger partial charge in [-0.2, -0.15) is 4.31 Å². The number of hydrazine groups is 1. The van der Waals surface area contributed by atoms with Crippen molar-refractivity contribution < 1.29 is 8.42 Å². The van der Waals surface area contributed by atoms with Gasteiger partial charge in [-0.1, -0.05) is 20.3 Å². The van der Waals surface area contributed by atoms with Crippen molar-refractivity contribution in [2.75, 3.05) is 18.5 Å². The summed E-state index contributed by atoms with van der Waals surface area (Å²) in [4.78, 5) is 0.398. The van der Waals surface area contributed by atoms with Crippen molar-refractivity contribution in [1.29, 1.82) is 0 Å². The van der Waals surface area contributed by atoms with Crippen molar-refractivity contribution in [2.24, 2.45) is 5.84 Å². The first-order valence-corrected chi connectivity index (χ1v) is 8.40. The Labute approximate surface area is 122 Å². The highest BCUT2D eigenvalue weighted by Crippen LogP contribution is 2.27. The SMILES string of the molecule is CCCCN(CC)S(=O)(=O)c1c(C)cc(NN)cc1C. The molecule has 0 radical (unpaired) electrons. The van der Waals surface area contributed by atoms with Gasteiger partial charge in [-0.05, 0) is 43.5 Å². The summed E-state index contributed by atoms with van der Waals surface area (Å²) in [6.07, 6.45) is 1.84. The van der Waals surface area contributed by atoms with E-state index in [2.05, 4.69) is 12.3 Å². The molecule has 0 fully saturated rings. The van der Waals surface area contributed by atoms with E-state index >= 15 is 0 Å². The highest BCUT2D eigenvalue weighted by molar-refractivity contribution is 7.89. The number of nitrogens with two attached hydrogens (primary N) is 1. The third-order valence-corrected chi connectivity index (χ3v) is 5.62. The Morgan fingerprint density at radius 1 is 1.20 bits per heavy atom. The number of nitrogens with zero attached hydrogens (tertiary/aromatic N) is 1. The first-order valence-electron chi connectivity index (χ1n) is 6.96. The quantitative estimate of drug-likeness (QED) is 0.599. The van der Waals surface area contributed by atoms with Crippen LogP contribution < -0.4 is 11.3 Å². The zero-order valence-electron chi connectivity index (χ0n) is 12.7. The summed E-state index contributed by atoms with van der Waals surface area (Å²) in [6, 6.07) is 3.51. The lowest BCUT2D eigenvalue weighted by atomic mass is 10.1. The number of unbranched alkanes of at least 4 members (excludes halogenated alkanes) is 1. The van der Waals surface area contributed by atoms with Gasteiger partial charge in [-0.25, -0.2) is 8.42 Å². The lowest BCUT2D eigenvalue weighted by Gasteiger charge is -2.23. The standard InChI is InChI=1S/C14H25N3O2S/c1-5-7-8-17(6-2)20(18,19)14-11(3)9-13(16-15)10-12(14)4/h9-10,16H,5-8,15H2,1-4H3. The number of nitrogen functional groups attached to an aromatic ring is 1. The monoisotopic (exact) mass is 299 g/mol. The van der Waals surface area contributed by atoms with Crippen LogP contribution in [0.4, 0.5) is 5.69 Å². The zero-order valence-corrected chi connectivity index (χ0v) is 13.5. The van der Waals surface area contributed by atoms with Crippen LogP contribution in [0.15, 0.2) is 17.0 Å². The Morgan fingerprint density at radius 2 is 1.75 bits per heavy atom. The second-order valence-electron chi connectivity index (χ2n) is 4.93. The zero-order chi connectivity index (χ0) is 15.3. The molecule has 0 aliphatic carbocycles. The van der Waals surface area contributed by atoms with Crippen LogP contribution in [0, 0.1) is 13.8 Å². The molecule has 0 bridgehead atoms. The smallest absolute Gasteiger partial charge is 0.243 e. The second-order valence-corrected chi connectivity index (χ2v) is 6.81. The van der Waals surface area contributed by atoms with Crippen LogP contribution in [-0.4, -0.2) is 25.8 Å².